The van der Waals surface area contributed by atoms with E-state index in [1.165, 1.54) is 23.5 Å². The maximum atomic E-state index is 12.9. The van der Waals surface area contributed by atoms with Crippen molar-refractivity contribution in [1.82, 2.24) is 25.2 Å². The number of aliphatic carboxylic acids is 1. The fourth-order valence-electron chi connectivity index (χ4n) is 3.04. The van der Waals surface area contributed by atoms with E-state index >= 15 is 0 Å². The summed E-state index contributed by atoms with van der Waals surface area (Å²) in [6, 6.07) is 5.35. The fourth-order valence-corrected chi connectivity index (χ4v) is 3.92. The summed E-state index contributed by atoms with van der Waals surface area (Å²) in [5, 5.41) is 21.1. The van der Waals surface area contributed by atoms with Gasteiger partial charge in [0.2, 0.25) is 5.82 Å². The lowest BCUT2D eigenvalue weighted by Gasteiger charge is -2.26. The lowest BCUT2D eigenvalue weighted by Crippen LogP contribution is -2.28. The molecule has 12 heteroatoms. The van der Waals surface area contributed by atoms with Gasteiger partial charge in [-0.15, -0.1) is 10.2 Å². The van der Waals surface area contributed by atoms with Crippen molar-refractivity contribution in [2.24, 2.45) is 0 Å². The van der Waals surface area contributed by atoms with Crippen LogP contribution in [0, 0.1) is 0 Å². The number of carboxylic acid groups (broad SMARTS) is 1. The quantitative estimate of drug-likeness (QED) is 0.656. The van der Waals surface area contributed by atoms with Crippen molar-refractivity contribution < 1.29 is 23.1 Å². The minimum absolute atomic E-state index is 0.289. The molecule has 3 aromatic rings. The SMILES string of the molecule is O=C(O)Cn1nnc(-c2cnc(N3CC=C(c4cccc(C(F)(F)F)c4)CC3)s2)n1. The Morgan fingerprint density at radius 1 is 1.30 bits per heavy atom. The van der Waals surface area contributed by atoms with Crippen molar-refractivity contribution in [3.63, 3.8) is 0 Å². The monoisotopic (exact) mass is 436 g/mol. The third-order valence-electron chi connectivity index (χ3n) is 4.48. The molecule has 0 aliphatic carbocycles. The number of alkyl halides is 3. The molecule has 4 rings (SSSR count). The lowest BCUT2D eigenvalue weighted by atomic mass is 9.98. The van der Waals surface area contributed by atoms with Gasteiger partial charge in [0.1, 0.15) is 0 Å². The first kappa shape index (κ1) is 20.0. The smallest absolute Gasteiger partial charge is 0.416 e. The Morgan fingerprint density at radius 3 is 2.83 bits per heavy atom. The van der Waals surface area contributed by atoms with Gasteiger partial charge in [-0.25, -0.2) is 4.98 Å². The number of anilines is 1. The highest BCUT2D eigenvalue weighted by atomic mass is 32.1. The average Bonchev–Trinajstić information content (AvgIpc) is 3.37. The molecule has 2 aromatic heterocycles. The molecule has 1 aliphatic rings. The third kappa shape index (κ3) is 4.32. The molecule has 0 unspecified atom stereocenters. The molecule has 0 saturated carbocycles. The van der Waals surface area contributed by atoms with Gasteiger partial charge in [-0.05, 0) is 34.9 Å². The molecule has 30 heavy (non-hydrogen) atoms. The molecule has 1 aromatic carbocycles. The summed E-state index contributed by atoms with van der Waals surface area (Å²) in [6.45, 7) is 0.736. The minimum atomic E-state index is -4.37. The van der Waals surface area contributed by atoms with Gasteiger partial charge in [0.25, 0.3) is 0 Å². The number of carboxylic acids is 1. The molecular weight excluding hydrogens is 421 g/mol. The summed E-state index contributed by atoms with van der Waals surface area (Å²) in [4.78, 5) is 18.7. The van der Waals surface area contributed by atoms with Crippen LogP contribution in [0.2, 0.25) is 0 Å². The normalized spacial score (nSPS) is 14.6. The van der Waals surface area contributed by atoms with Gasteiger partial charge in [-0.1, -0.05) is 29.5 Å². The molecule has 0 saturated heterocycles. The molecule has 0 spiro atoms. The summed E-state index contributed by atoms with van der Waals surface area (Å²) in [5.74, 6) is -0.780. The van der Waals surface area contributed by atoms with Crippen LogP contribution in [-0.2, 0) is 17.5 Å². The fraction of sp³-hybridized carbons (Fsp3) is 0.278. The van der Waals surface area contributed by atoms with Crippen molar-refractivity contribution in [1.29, 1.82) is 0 Å². The van der Waals surface area contributed by atoms with E-state index in [1.807, 2.05) is 11.0 Å². The number of rotatable bonds is 5. The number of tetrazole rings is 1. The van der Waals surface area contributed by atoms with Gasteiger partial charge < -0.3 is 10.0 Å². The molecule has 3 heterocycles. The van der Waals surface area contributed by atoms with Gasteiger partial charge in [-0.2, -0.15) is 18.0 Å². The molecule has 156 valence electrons. The highest BCUT2D eigenvalue weighted by Gasteiger charge is 2.30. The predicted molar refractivity (Wildman–Crippen MR) is 103 cm³/mol. The van der Waals surface area contributed by atoms with Gasteiger partial charge >= 0.3 is 12.1 Å². The van der Waals surface area contributed by atoms with Crippen LogP contribution >= 0.6 is 11.3 Å². The highest BCUT2D eigenvalue weighted by molar-refractivity contribution is 7.18. The minimum Gasteiger partial charge on any atom is -0.480 e. The number of thiazole rings is 1. The predicted octanol–water partition coefficient (Wildman–Crippen LogP) is 3.19. The zero-order chi connectivity index (χ0) is 21.3. The molecule has 0 amide bonds. The van der Waals surface area contributed by atoms with E-state index in [9.17, 15) is 18.0 Å². The van der Waals surface area contributed by atoms with E-state index in [0.29, 0.717) is 30.0 Å². The topological polar surface area (TPSA) is 97.0 Å². The van der Waals surface area contributed by atoms with Gasteiger partial charge in [0.15, 0.2) is 11.7 Å². The van der Waals surface area contributed by atoms with Crippen molar-refractivity contribution in [3.05, 3.63) is 47.7 Å². The second-order valence-corrected chi connectivity index (χ2v) is 7.56. The molecule has 1 aliphatic heterocycles. The van der Waals surface area contributed by atoms with Crippen LogP contribution in [0.1, 0.15) is 17.5 Å². The summed E-state index contributed by atoms with van der Waals surface area (Å²) < 4.78 is 38.8. The Hall–Kier alpha value is -3.28. The van der Waals surface area contributed by atoms with E-state index in [1.54, 1.807) is 12.3 Å². The summed E-state index contributed by atoms with van der Waals surface area (Å²) in [6.07, 6.45) is -0.284. The van der Waals surface area contributed by atoms with Crippen LogP contribution in [0.25, 0.3) is 16.3 Å². The first-order chi connectivity index (χ1) is 14.3. The van der Waals surface area contributed by atoms with E-state index in [2.05, 4.69) is 20.4 Å². The molecular formula is C18H15F3N6O2S. The maximum Gasteiger partial charge on any atom is 0.416 e. The van der Waals surface area contributed by atoms with E-state index in [4.69, 9.17) is 5.11 Å². The van der Waals surface area contributed by atoms with Crippen LogP contribution in [0.4, 0.5) is 18.3 Å². The van der Waals surface area contributed by atoms with Crippen molar-refractivity contribution >= 4 is 28.0 Å². The number of hydrogen-bond donors (Lipinski definition) is 1. The molecule has 8 nitrogen and oxygen atoms in total. The average molecular weight is 436 g/mol. The maximum absolute atomic E-state index is 12.9. The first-order valence-corrected chi connectivity index (χ1v) is 9.68. The second-order valence-electron chi connectivity index (χ2n) is 6.55. The number of nitrogens with zero attached hydrogens (tertiary/aromatic N) is 6. The Bertz CT molecular complexity index is 1110. The van der Waals surface area contributed by atoms with E-state index in [0.717, 1.165) is 21.6 Å². The number of benzene rings is 1. The van der Waals surface area contributed by atoms with E-state index in [-0.39, 0.29) is 12.4 Å². The standard InChI is InChI=1S/C18H15F3N6O2S/c19-18(20,21)13-3-1-2-12(8-13)11-4-6-26(7-5-11)17-22-9-14(30-17)16-23-25-27(24-16)10-15(28)29/h1-4,8-9H,5-7,10H2,(H,28,29). The number of halogens is 3. The van der Waals surface area contributed by atoms with Crippen LogP contribution in [0.3, 0.4) is 0 Å². The Kier molecular flexibility index (Phi) is 5.24. The van der Waals surface area contributed by atoms with Gasteiger partial charge in [0.05, 0.1) is 16.6 Å². The van der Waals surface area contributed by atoms with Crippen LogP contribution < -0.4 is 4.90 Å². The molecule has 0 radical (unpaired) electrons. The number of carbonyl (C=O) groups is 1. The number of hydrogen-bond acceptors (Lipinski definition) is 7. The van der Waals surface area contributed by atoms with Crippen LogP contribution in [0.5, 0.6) is 0 Å². The van der Waals surface area contributed by atoms with Gasteiger partial charge in [-0.3, -0.25) is 4.79 Å². The van der Waals surface area contributed by atoms with Crippen LogP contribution in [0.15, 0.2) is 36.5 Å². The molecule has 1 N–H and O–H groups in total. The zero-order valence-electron chi connectivity index (χ0n) is 15.4. The summed E-state index contributed by atoms with van der Waals surface area (Å²) in [5.41, 5.74) is 0.785. The van der Waals surface area contributed by atoms with Crippen molar-refractivity contribution in [2.75, 3.05) is 18.0 Å². The number of aromatic nitrogens is 5. The van der Waals surface area contributed by atoms with Crippen molar-refractivity contribution in [2.45, 2.75) is 19.1 Å². The van der Waals surface area contributed by atoms with Gasteiger partial charge in [0, 0.05) is 13.1 Å². The Balaban J connectivity index is 1.46. The van der Waals surface area contributed by atoms with E-state index < -0.39 is 17.7 Å². The lowest BCUT2D eigenvalue weighted by molar-refractivity contribution is -0.138. The first-order valence-electron chi connectivity index (χ1n) is 8.87. The Morgan fingerprint density at radius 2 is 2.13 bits per heavy atom. The van der Waals surface area contributed by atoms with Crippen LogP contribution in [-0.4, -0.2) is 49.4 Å². The zero-order valence-corrected chi connectivity index (χ0v) is 16.2. The summed E-state index contributed by atoms with van der Waals surface area (Å²) in [7, 11) is 0. The molecule has 0 atom stereocenters. The molecule has 0 fully saturated rings. The largest absolute Gasteiger partial charge is 0.480 e. The summed E-state index contributed by atoms with van der Waals surface area (Å²) >= 11 is 1.34. The van der Waals surface area contributed by atoms with Crippen molar-refractivity contribution in [3.8, 4) is 10.7 Å². The Labute approximate surface area is 172 Å². The highest BCUT2D eigenvalue weighted by Crippen LogP contribution is 2.34. The third-order valence-corrected chi connectivity index (χ3v) is 5.54. The second kappa shape index (κ2) is 7.86. The molecule has 0 bridgehead atoms.